The van der Waals surface area contributed by atoms with Crippen LogP contribution >= 0.6 is 0 Å². The highest BCUT2D eigenvalue weighted by molar-refractivity contribution is 5.46. The lowest BCUT2D eigenvalue weighted by molar-refractivity contribution is -0.888. The molecule has 0 atom stereocenters. The number of nitrogens with zero attached hydrogens (tertiary/aromatic N) is 4. The van der Waals surface area contributed by atoms with Crippen LogP contribution in [-0.2, 0) is 0 Å². The Morgan fingerprint density at radius 1 is 1.38 bits per heavy atom. The molecule has 4 heteroatoms. The molecule has 0 saturated heterocycles. The van der Waals surface area contributed by atoms with Crippen LogP contribution in [0.3, 0.4) is 0 Å². The van der Waals surface area contributed by atoms with Gasteiger partial charge in [-0.3, -0.25) is 0 Å². The van der Waals surface area contributed by atoms with Gasteiger partial charge in [-0.25, -0.2) is 0 Å². The maximum Gasteiger partial charge on any atom is 0.0925 e. The van der Waals surface area contributed by atoms with Gasteiger partial charge >= 0.3 is 0 Å². The fraction of sp³-hybridized carbons (Fsp3) is 0.778. The quantitative estimate of drug-likeness (QED) is 0.372. The van der Waals surface area contributed by atoms with E-state index < -0.39 is 0 Å². The van der Waals surface area contributed by atoms with E-state index in [0.29, 0.717) is 0 Å². The molecule has 0 saturated carbocycles. The Kier molecular flexibility index (Phi) is 9.86. The van der Waals surface area contributed by atoms with Crippen LogP contribution in [0.5, 0.6) is 0 Å². The number of hydrogen-bond donors (Lipinski definition) is 0. The Labute approximate surface area is 80.6 Å². The van der Waals surface area contributed by atoms with E-state index in [9.17, 15) is 0 Å². The Morgan fingerprint density at radius 3 is 2.00 bits per heavy atom. The minimum absolute atomic E-state index is 1.16. The van der Waals surface area contributed by atoms with Crippen molar-refractivity contribution in [3.63, 3.8) is 0 Å². The molecule has 0 unspecified atom stereocenters. The first-order chi connectivity index (χ1) is 6.04. The molecular formula is C9H18N4. The second-order valence-corrected chi connectivity index (χ2v) is 3.29. The van der Waals surface area contributed by atoms with Gasteiger partial charge in [0.2, 0.25) is 0 Å². The highest BCUT2D eigenvalue weighted by Crippen LogP contribution is 1.95. The van der Waals surface area contributed by atoms with E-state index in [1.165, 1.54) is 31.7 Å². The first-order valence-electron chi connectivity index (χ1n) is 4.34. The summed E-state index contributed by atoms with van der Waals surface area (Å²) in [5, 5.41) is 14.9. The van der Waals surface area contributed by atoms with Crippen LogP contribution in [0, 0.1) is 11.5 Å². The highest BCUT2D eigenvalue weighted by atomic mass is 15.3. The molecule has 0 rings (SSSR count). The number of hydrogen-bond acceptors (Lipinski definition) is 2. The Hall–Kier alpha value is -1.17. The molecular weight excluding hydrogens is 164 g/mol. The molecule has 0 aliphatic heterocycles. The fourth-order valence-corrected chi connectivity index (χ4v) is 0.786. The van der Waals surface area contributed by atoms with Crippen molar-refractivity contribution in [1.82, 2.24) is 0 Å². The zero-order valence-electron chi connectivity index (χ0n) is 8.91. The zero-order valence-corrected chi connectivity index (χ0v) is 8.91. The molecule has 0 bridgehead atoms. The van der Waals surface area contributed by atoms with E-state index in [1.54, 1.807) is 0 Å². The summed E-state index contributed by atoms with van der Waals surface area (Å²) in [4.78, 5) is 2.58. The van der Waals surface area contributed by atoms with E-state index in [-0.39, 0.29) is 0 Å². The first-order valence-corrected chi connectivity index (χ1v) is 4.34. The maximum atomic E-state index is 7.43. The molecule has 0 aromatic rings. The molecule has 0 radical (unpaired) electrons. The molecule has 0 aliphatic carbocycles. The van der Waals surface area contributed by atoms with Crippen molar-refractivity contribution in [2.45, 2.75) is 20.3 Å². The van der Waals surface area contributed by atoms with E-state index in [2.05, 4.69) is 32.9 Å². The van der Waals surface area contributed by atoms with E-state index in [1.807, 2.05) is 0 Å². The van der Waals surface area contributed by atoms with Crippen molar-refractivity contribution >= 4 is 6.01 Å². The summed E-state index contributed by atoms with van der Waals surface area (Å²) in [6.07, 6.45) is 2.57. The third-order valence-electron chi connectivity index (χ3n) is 1.78. The number of rotatable bonds is 3. The van der Waals surface area contributed by atoms with Crippen LogP contribution in [0.15, 0.2) is 4.99 Å². The van der Waals surface area contributed by atoms with Crippen molar-refractivity contribution < 1.29 is 4.48 Å². The third kappa shape index (κ3) is 13.8. The van der Waals surface area contributed by atoms with Gasteiger partial charge in [0.1, 0.15) is 0 Å². The normalized spacial score (nSPS) is 8.85. The number of quaternary nitrogens is 1. The van der Waals surface area contributed by atoms with E-state index in [0.717, 1.165) is 4.48 Å². The molecule has 0 aliphatic rings. The topological polar surface area (TPSA) is 58.5 Å². The lowest BCUT2D eigenvalue weighted by Crippen LogP contribution is -2.39. The van der Waals surface area contributed by atoms with Gasteiger partial charge in [-0.05, 0) is 13.3 Å². The summed E-state index contributed by atoms with van der Waals surface area (Å²) in [5.41, 5.74) is 0. The molecule has 74 valence electrons. The summed E-state index contributed by atoms with van der Waals surface area (Å²) in [7, 11) is 4.53. The molecule has 0 heterocycles. The summed E-state index contributed by atoms with van der Waals surface area (Å²) < 4.78 is 1.16. The van der Waals surface area contributed by atoms with Gasteiger partial charge in [0, 0.05) is 0 Å². The van der Waals surface area contributed by atoms with Crippen LogP contribution < -0.4 is 0 Å². The fourth-order valence-electron chi connectivity index (χ4n) is 0.786. The smallest absolute Gasteiger partial charge is 0.0925 e. The van der Waals surface area contributed by atoms with Gasteiger partial charge in [0.05, 0.1) is 33.4 Å². The standard InChI is InChI=1S/C7H18N.C2N3/c1-5-7-8(3,4)6-2;3-1-5-2-4/h5-7H2,1-4H3;/q+1;-1. The second kappa shape index (κ2) is 8.92. The van der Waals surface area contributed by atoms with Crippen LogP contribution in [0.25, 0.3) is 5.41 Å². The Morgan fingerprint density at radius 2 is 1.92 bits per heavy atom. The average molecular weight is 182 g/mol. The molecule has 0 aromatic carbocycles. The second-order valence-electron chi connectivity index (χ2n) is 3.29. The lowest BCUT2D eigenvalue weighted by atomic mass is 10.4. The molecule has 13 heavy (non-hydrogen) atoms. The zero-order chi connectivity index (χ0) is 10.7. The maximum absolute atomic E-state index is 7.43. The van der Waals surface area contributed by atoms with Crippen molar-refractivity contribution in [2.24, 2.45) is 4.99 Å². The number of aliphatic imine (C=N–C) groups is 1. The van der Waals surface area contributed by atoms with Crippen LogP contribution in [-0.4, -0.2) is 37.7 Å². The molecule has 0 N–H and O–H groups in total. The average Bonchev–Trinajstić information content (AvgIpc) is 2.07. The van der Waals surface area contributed by atoms with E-state index >= 15 is 0 Å². The molecule has 0 aromatic heterocycles. The van der Waals surface area contributed by atoms with Crippen molar-refractivity contribution in [1.29, 1.82) is 5.26 Å². The Balaban J connectivity index is 0. The van der Waals surface area contributed by atoms with Crippen molar-refractivity contribution in [3.8, 4) is 6.19 Å². The van der Waals surface area contributed by atoms with Crippen molar-refractivity contribution in [2.75, 3.05) is 27.2 Å². The van der Waals surface area contributed by atoms with Gasteiger partial charge in [-0.2, -0.15) is 5.26 Å². The van der Waals surface area contributed by atoms with Crippen molar-refractivity contribution in [3.05, 3.63) is 5.41 Å². The largest absolute Gasteiger partial charge is 0.422 e. The van der Waals surface area contributed by atoms with Gasteiger partial charge in [0.15, 0.2) is 0 Å². The summed E-state index contributed by atoms with van der Waals surface area (Å²) in [6.45, 7) is 7.01. The number of nitriles is 1. The van der Waals surface area contributed by atoms with Crippen LogP contribution in [0.4, 0.5) is 0 Å². The minimum Gasteiger partial charge on any atom is -0.422 e. The summed E-state index contributed by atoms with van der Waals surface area (Å²) >= 11 is 0. The van der Waals surface area contributed by atoms with E-state index in [4.69, 9.17) is 10.7 Å². The van der Waals surface area contributed by atoms with Gasteiger partial charge < -0.3 is 14.9 Å². The predicted molar refractivity (Wildman–Crippen MR) is 54.2 cm³/mol. The molecule has 0 fully saturated rings. The monoisotopic (exact) mass is 182 g/mol. The summed E-state index contributed by atoms with van der Waals surface area (Å²) in [5.74, 6) is 0. The SMILES string of the molecule is CCC[N+](C)(C)CC.N#CN=C=[N-]. The van der Waals surface area contributed by atoms with Gasteiger partial charge in [-0.15, -0.1) is 6.01 Å². The predicted octanol–water partition coefficient (Wildman–Crippen LogP) is 1.70. The van der Waals surface area contributed by atoms with Gasteiger partial charge in [-0.1, -0.05) is 6.92 Å². The highest BCUT2D eigenvalue weighted by Gasteiger charge is 2.07. The lowest BCUT2D eigenvalue weighted by Gasteiger charge is -2.27. The van der Waals surface area contributed by atoms with Crippen LogP contribution in [0.1, 0.15) is 20.3 Å². The van der Waals surface area contributed by atoms with Gasteiger partial charge in [0.25, 0.3) is 0 Å². The summed E-state index contributed by atoms with van der Waals surface area (Å²) in [6, 6.07) is 1.28. The first kappa shape index (κ1) is 14.4. The molecule has 0 amide bonds. The molecule has 4 nitrogen and oxygen atoms in total. The Bertz CT molecular complexity index is 196. The van der Waals surface area contributed by atoms with Crippen LogP contribution in [0.2, 0.25) is 0 Å². The molecule has 0 spiro atoms. The third-order valence-corrected chi connectivity index (χ3v) is 1.78. The minimum atomic E-state index is 1.16.